The van der Waals surface area contributed by atoms with Gasteiger partial charge < -0.3 is 5.32 Å². The number of hydrogen-bond donors (Lipinski definition) is 1. The molecule has 1 aromatic heterocycles. The molecule has 1 atom stereocenters. The van der Waals surface area contributed by atoms with Crippen LogP contribution in [0.3, 0.4) is 0 Å². The number of benzene rings is 1. The van der Waals surface area contributed by atoms with Crippen LogP contribution in [0.25, 0.3) is 10.6 Å². The van der Waals surface area contributed by atoms with Crippen LogP contribution in [0.15, 0.2) is 24.3 Å². The molecule has 1 N–H and O–H groups in total. The highest BCUT2D eigenvalue weighted by Crippen LogP contribution is 2.27. The largest absolute Gasteiger partial charge is 0.300 e. The number of hydrogen-bond acceptors (Lipinski definition) is 6. The highest BCUT2D eigenvalue weighted by molar-refractivity contribution is 7.89. The molecule has 2 aromatic rings. The highest BCUT2D eigenvalue weighted by Gasteiger charge is 2.31. The molecule has 0 aliphatic carbocycles. The smallest absolute Gasteiger partial charge is 0.230 e. The molecule has 1 amide bonds. The number of nitrogens with one attached hydrogen (secondary N) is 1. The Bertz CT molecular complexity index is 878. The number of aromatic nitrogens is 2. The molecule has 2 heterocycles. The first kappa shape index (κ1) is 18.9. The molecule has 9 heteroatoms. The van der Waals surface area contributed by atoms with E-state index < -0.39 is 10.0 Å². The van der Waals surface area contributed by atoms with E-state index in [2.05, 4.69) is 15.5 Å². The second-order valence-corrected chi connectivity index (χ2v) is 9.60. The Morgan fingerprint density at radius 1 is 1.31 bits per heavy atom. The second-order valence-electron chi connectivity index (χ2n) is 6.37. The summed E-state index contributed by atoms with van der Waals surface area (Å²) in [5, 5.41) is 12.1. The van der Waals surface area contributed by atoms with Crippen molar-refractivity contribution < 1.29 is 13.2 Å². The third kappa shape index (κ3) is 4.28. The number of nitrogens with zero attached hydrogens (tertiary/aromatic N) is 3. The Morgan fingerprint density at radius 3 is 2.73 bits per heavy atom. The quantitative estimate of drug-likeness (QED) is 0.841. The van der Waals surface area contributed by atoms with Crippen molar-refractivity contribution in [2.24, 2.45) is 5.92 Å². The molecule has 3 rings (SSSR count). The van der Waals surface area contributed by atoms with E-state index in [1.54, 1.807) is 6.92 Å². The zero-order valence-corrected chi connectivity index (χ0v) is 16.4. The van der Waals surface area contributed by atoms with Crippen LogP contribution in [0, 0.1) is 12.8 Å². The number of piperidine rings is 1. The Morgan fingerprint density at radius 2 is 2.04 bits per heavy atom. The molecule has 26 heavy (non-hydrogen) atoms. The van der Waals surface area contributed by atoms with E-state index in [1.165, 1.54) is 15.6 Å². The number of carbonyl (C=O) groups is 1. The number of carbonyl (C=O) groups excluding carboxylic acids is 1. The lowest BCUT2D eigenvalue weighted by Gasteiger charge is -2.30. The van der Waals surface area contributed by atoms with Crippen LogP contribution in [0.4, 0.5) is 5.13 Å². The van der Waals surface area contributed by atoms with Crippen molar-refractivity contribution in [2.75, 3.05) is 24.2 Å². The van der Waals surface area contributed by atoms with Crippen molar-refractivity contribution in [1.82, 2.24) is 14.5 Å². The van der Waals surface area contributed by atoms with Crippen molar-refractivity contribution in [3.63, 3.8) is 0 Å². The van der Waals surface area contributed by atoms with Gasteiger partial charge in [0.25, 0.3) is 0 Å². The van der Waals surface area contributed by atoms with Gasteiger partial charge in [-0.1, -0.05) is 41.2 Å². The van der Waals surface area contributed by atoms with Crippen LogP contribution in [-0.2, 0) is 14.8 Å². The van der Waals surface area contributed by atoms with Crippen LogP contribution < -0.4 is 5.32 Å². The summed E-state index contributed by atoms with van der Waals surface area (Å²) >= 11 is 1.31. The standard InChI is InChI=1S/C17H22N4O3S2/c1-3-26(23,24)21-10-4-5-14(11-21)15(22)18-17-20-19-16(25-17)13-8-6-12(2)7-9-13/h6-9,14H,3-5,10-11H2,1-2H3,(H,18,20,22). The molecule has 1 fully saturated rings. The van der Waals surface area contributed by atoms with Gasteiger partial charge >= 0.3 is 0 Å². The molecule has 1 aromatic carbocycles. The lowest BCUT2D eigenvalue weighted by atomic mass is 9.99. The Kier molecular flexibility index (Phi) is 5.69. The molecule has 1 aliphatic heterocycles. The molecule has 0 saturated carbocycles. The molecular weight excluding hydrogens is 372 g/mol. The maximum atomic E-state index is 12.5. The first-order valence-electron chi connectivity index (χ1n) is 8.58. The Hall–Kier alpha value is -1.84. The summed E-state index contributed by atoms with van der Waals surface area (Å²) in [5.41, 5.74) is 2.11. The minimum Gasteiger partial charge on any atom is -0.300 e. The summed E-state index contributed by atoms with van der Waals surface area (Å²) < 4.78 is 25.5. The average Bonchev–Trinajstić information content (AvgIpc) is 3.11. The molecule has 7 nitrogen and oxygen atoms in total. The van der Waals surface area contributed by atoms with Gasteiger partial charge in [0, 0.05) is 18.7 Å². The normalized spacial score (nSPS) is 18.6. The second kappa shape index (κ2) is 7.81. The predicted molar refractivity (Wildman–Crippen MR) is 102 cm³/mol. The summed E-state index contributed by atoms with van der Waals surface area (Å²) in [6.45, 7) is 4.34. The van der Waals surface area contributed by atoms with Crippen LogP contribution >= 0.6 is 11.3 Å². The van der Waals surface area contributed by atoms with Gasteiger partial charge in [-0.15, -0.1) is 10.2 Å². The first-order chi connectivity index (χ1) is 12.4. The van der Waals surface area contributed by atoms with Gasteiger partial charge in [0.05, 0.1) is 11.7 Å². The summed E-state index contributed by atoms with van der Waals surface area (Å²) in [4.78, 5) is 12.5. The molecule has 1 unspecified atom stereocenters. The molecule has 1 aliphatic rings. The molecule has 1 saturated heterocycles. The van der Waals surface area contributed by atoms with Crippen LogP contribution in [0.5, 0.6) is 0 Å². The van der Waals surface area contributed by atoms with E-state index >= 15 is 0 Å². The SMILES string of the molecule is CCS(=O)(=O)N1CCCC(C(=O)Nc2nnc(-c3ccc(C)cc3)s2)C1. The Labute approximate surface area is 157 Å². The fourth-order valence-electron chi connectivity index (χ4n) is 2.89. The number of anilines is 1. The van der Waals surface area contributed by atoms with Gasteiger partial charge in [-0.3, -0.25) is 4.79 Å². The minimum absolute atomic E-state index is 0.0532. The van der Waals surface area contributed by atoms with Crippen molar-refractivity contribution in [3.05, 3.63) is 29.8 Å². The van der Waals surface area contributed by atoms with Crippen molar-refractivity contribution >= 4 is 32.4 Å². The van der Waals surface area contributed by atoms with Gasteiger partial charge in [0.2, 0.25) is 21.1 Å². The van der Waals surface area contributed by atoms with Crippen molar-refractivity contribution in [1.29, 1.82) is 0 Å². The van der Waals surface area contributed by atoms with Gasteiger partial charge in [-0.05, 0) is 26.7 Å². The predicted octanol–water partition coefficient (Wildman–Crippen LogP) is 2.51. The van der Waals surface area contributed by atoms with E-state index in [1.807, 2.05) is 31.2 Å². The number of aryl methyl sites for hydroxylation is 1. The topological polar surface area (TPSA) is 92.3 Å². The van der Waals surface area contributed by atoms with E-state index in [9.17, 15) is 13.2 Å². The summed E-state index contributed by atoms with van der Waals surface area (Å²) in [7, 11) is -3.27. The van der Waals surface area contributed by atoms with Gasteiger partial charge in [-0.2, -0.15) is 0 Å². The summed E-state index contributed by atoms with van der Waals surface area (Å²) in [6.07, 6.45) is 1.35. The molecule has 140 valence electrons. The molecule has 0 spiro atoms. The maximum absolute atomic E-state index is 12.5. The maximum Gasteiger partial charge on any atom is 0.230 e. The van der Waals surface area contributed by atoms with Crippen molar-refractivity contribution in [2.45, 2.75) is 26.7 Å². The fourth-order valence-corrected chi connectivity index (χ4v) is 4.82. The number of sulfonamides is 1. The van der Waals surface area contributed by atoms with E-state index in [-0.39, 0.29) is 24.1 Å². The average molecular weight is 395 g/mol. The zero-order chi connectivity index (χ0) is 18.7. The highest BCUT2D eigenvalue weighted by atomic mass is 32.2. The number of rotatable bonds is 5. The van der Waals surface area contributed by atoms with E-state index in [0.29, 0.717) is 24.5 Å². The molecule has 0 radical (unpaired) electrons. The van der Waals surface area contributed by atoms with E-state index in [4.69, 9.17) is 0 Å². The first-order valence-corrected chi connectivity index (χ1v) is 11.0. The molecule has 0 bridgehead atoms. The lowest BCUT2D eigenvalue weighted by molar-refractivity contribution is -0.120. The third-order valence-corrected chi connectivity index (χ3v) is 7.20. The van der Waals surface area contributed by atoms with Gasteiger partial charge in [0.1, 0.15) is 5.01 Å². The monoisotopic (exact) mass is 394 g/mol. The van der Waals surface area contributed by atoms with Crippen LogP contribution in [-0.4, -0.2) is 47.7 Å². The number of amides is 1. The lowest BCUT2D eigenvalue weighted by Crippen LogP contribution is -2.44. The Balaban J connectivity index is 1.66. The van der Waals surface area contributed by atoms with Crippen LogP contribution in [0.1, 0.15) is 25.3 Å². The zero-order valence-electron chi connectivity index (χ0n) is 14.8. The van der Waals surface area contributed by atoms with Gasteiger partial charge in [-0.25, -0.2) is 12.7 Å². The fraction of sp³-hybridized carbons (Fsp3) is 0.471. The van der Waals surface area contributed by atoms with Crippen LogP contribution in [0.2, 0.25) is 0 Å². The van der Waals surface area contributed by atoms with Gasteiger partial charge in [0.15, 0.2) is 0 Å². The van der Waals surface area contributed by atoms with Crippen molar-refractivity contribution in [3.8, 4) is 10.6 Å². The third-order valence-electron chi connectivity index (χ3n) is 4.47. The summed E-state index contributed by atoms with van der Waals surface area (Å²) in [6, 6.07) is 7.94. The summed E-state index contributed by atoms with van der Waals surface area (Å²) in [5.74, 6) is -0.512. The molecular formula is C17H22N4O3S2. The van der Waals surface area contributed by atoms with E-state index in [0.717, 1.165) is 16.1 Å². The minimum atomic E-state index is -3.27.